The standard InChI is InChI=1S/C21H24N2O5/c1-5-16-18(19(25)15-11-13(3)10-14(4)12-15)23(21(27)22-20(16)26)9-7-8-17(24)28-6-2/h7-8,10-12H,5-6,9H2,1-4H3,(H,22,26,27). The molecule has 7 nitrogen and oxygen atoms in total. The van der Waals surface area contributed by atoms with E-state index in [1.165, 1.54) is 16.7 Å². The molecule has 0 amide bonds. The number of carbonyl (C=O) groups is 2. The van der Waals surface area contributed by atoms with Gasteiger partial charge in [0.2, 0.25) is 5.78 Å². The molecule has 0 fully saturated rings. The molecule has 2 rings (SSSR count). The first kappa shape index (κ1) is 21.1. The van der Waals surface area contributed by atoms with Gasteiger partial charge in [0.05, 0.1) is 6.61 Å². The molecular weight excluding hydrogens is 360 g/mol. The summed E-state index contributed by atoms with van der Waals surface area (Å²) in [6, 6.07) is 5.38. The van der Waals surface area contributed by atoms with Crippen molar-refractivity contribution >= 4 is 11.8 Å². The highest BCUT2D eigenvalue weighted by molar-refractivity contribution is 6.09. The van der Waals surface area contributed by atoms with Crippen LogP contribution in [0, 0.1) is 13.8 Å². The van der Waals surface area contributed by atoms with Gasteiger partial charge in [-0.3, -0.25) is 19.1 Å². The molecule has 148 valence electrons. The topological polar surface area (TPSA) is 98.2 Å². The fourth-order valence-corrected chi connectivity index (χ4v) is 3.06. The van der Waals surface area contributed by atoms with Crippen molar-refractivity contribution in [3.05, 3.63) is 79.1 Å². The number of esters is 1. The van der Waals surface area contributed by atoms with E-state index in [1.54, 1.807) is 26.0 Å². The first-order valence-electron chi connectivity index (χ1n) is 9.10. The zero-order valence-electron chi connectivity index (χ0n) is 16.5. The first-order valence-corrected chi connectivity index (χ1v) is 9.10. The van der Waals surface area contributed by atoms with Crippen LogP contribution < -0.4 is 11.2 Å². The van der Waals surface area contributed by atoms with Gasteiger partial charge in [-0.2, -0.15) is 0 Å². The van der Waals surface area contributed by atoms with Crippen LogP contribution in [0.3, 0.4) is 0 Å². The van der Waals surface area contributed by atoms with E-state index in [1.807, 2.05) is 19.9 Å². The van der Waals surface area contributed by atoms with Gasteiger partial charge in [-0.1, -0.05) is 30.2 Å². The number of aromatic nitrogens is 2. The number of benzene rings is 1. The average Bonchev–Trinajstić information content (AvgIpc) is 2.61. The Labute approximate surface area is 162 Å². The van der Waals surface area contributed by atoms with Crippen LogP contribution in [-0.2, 0) is 22.5 Å². The monoisotopic (exact) mass is 384 g/mol. The maximum absolute atomic E-state index is 13.2. The molecular formula is C21H24N2O5. The Hall–Kier alpha value is -3.22. The van der Waals surface area contributed by atoms with Crippen LogP contribution in [0.25, 0.3) is 0 Å². The van der Waals surface area contributed by atoms with Gasteiger partial charge in [-0.25, -0.2) is 9.59 Å². The minimum atomic E-state index is -0.705. The third kappa shape index (κ3) is 4.73. The Kier molecular flexibility index (Phi) is 6.87. The highest BCUT2D eigenvalue weighted by Crippen LogP contribution is 2.15. The number of ketones is 1. The smallest absolute Gasteiger partial charge is 0.330 e. The summed E-state index contributed by atoms with van der Waals surface area (Å²) < 4.78 is 5.99. The number of hydrogen-bond donors (Lipinski definition) is 1. The third-order valence-corrected chi connectivity index (χ3v) is 4.18. The zero-order chi connectivity index (χ0) is 20.8. The van der Waals surface area contributed by atoms with Crippen molar-refractivity contribution in [2.75, 3.05) is 6.61 Å². The van der Waals surface area contributed by atoms with Gasteiger partial charge in [0.15, 0.2) is 0 Å². The molecule has 0 spiro atoms. The fourth-order valence-electron chi connectivity index (χ4n) is 3.06. The summed E-state index contributed by atoms with van der Waals surface area (Å²) in [6.07, 6.45) is 2.90. The van der Waals surface area contributed by atoms with Crippen LogP contribution >= 0.6 is 0 Å². The van der Waals surface area contributed by atoms with Crippen LogP contribution in [0.1, 0.15) is 46.6 Å². The molecule has 0 aliphatic heterocycles. The predicted octanol–water partition coefficient (Wildman–Crippen LogP) is 2.07. The summed E-state index contributed by atoms with van der Waals surface area (Å²) >= 11 is 0. The number of carbonyl (C=O) groups excluding carboxylic acids is 2. The number of rotatable bonds is 7. The Bertz CT molecular complexity index is 1020. The molecule has 0 aliphatic carbocycles. The van der Waals surface area contributed by atoms with Crippen molar-refractivity contribution in [2.24, 2.45) is 0 Å². The van der Waals surface area contributed by atoms with Crippen molar-refractivity contribution in [3.63, 3.8) is 0 Å². The molecule has 0 aliphatic rings. The van der Waals surface area contributed by atoms with E-state index in [9.17, 15) is 19.2 Å². The van der Waals surface area contributed by atoms with Crippen LogP contribution in [-0.4, -0.2) is 27.9 Å². The van der Waals surface area contributed by atoms with E-state index >= 15 is 0 Å². The number of aryl methyl sites for hydroxylation is 2. The summed E-state index contributed by atoms with van der Waals surface area (Å²) in [5.74, 6) is -0.950. The number of nitrogens with one attached hydrogen (secondary N) is 1. The molecule has 1 heterocycles. The molecule has 0 radical (unpaired) electrons. The van der Waals surface area contributed by atoms with Gasteiger partial charge in [-0.05, 0) is 39.3 Å². The number of nitrogens with zero attached hydrogens (tertiary/aromatic N) is 1. The second-order valence-electron chi connectivity index (χ2n) is 6.41. The van der Waals surface area contributed by atoms with Crippen molar-refractivity contribution in [1.29, 1.82) is 0 Å². The largest absolute Gasteiger partial charge is 0.463 e. The highest BCUT2D eigenvalue weighted by Gasteiger charge is 2.21. The van der Waals surface area contributed by atoms with Gasteiger partial charge in [0, 0.05) is 23.7 Å². The fraction of sp³-hybridized carbons (Fsp3) is 0.333. The molecule has 0 unspecified atom stereocenters. The second-order valence-corrected chi connectivity index (χ2v) is 6.41. The average molecular weight is 384 g/mol. The van der Waals surface area contributed by atoms with Crippen molar-refractivity contribution < 1.29 is 14.3 Å². The molecule has 28 heavy (non-hydrogen) atoms. The van der Waals surface area contributed by atoms with E-state index in [4.69, 9.17) is 4.74 Å². The lowest BCUT2D eigenvalue weighted by atomic mass is 9.99. The lowest BCUT2D eigenvalue weighted by Crippen LogP contribution is -2.37. The zero-order valence-corrected chi connectivity index (χ0v) is 16.5. The Morgan fingerprint density at radius 1 is 1.11 bits per heavy atom. The summed E-state index contributed by atoms with van der Waals surface area (Å²) in [5.41, 5.74) is 1.20. The maximum Gasteiger partial charge on any atom is 0.330 e. The van der Waals surface area contributed by atoms with Crippen LogP contribution in [0.5, 0.6) is 0 Å². The number of ether oxygens (including phenoxy) is 1. The molecule has 1 N–H and O–H groups in total. The minimum Gasteiger partial charge on any atom is -0.463 e. The molecule has 0 atom stereocenters. The van der Waals surface area contributed by atoms with Gasteiger partial charge in [0.25, 0.3) is 5.56 Å². The summed E-state index contributed by atoms with van der Waals surface area (Å²) in [5, 5.41) is 0. The number of H-pyrrole nitrogens is 1. The SMILES string of the molecule is CCOC(=O)C=CCn1c(C(=O)c2cc(C)cc(C)c2)c(CC)c(=O)[nH]c1=O. The number of allylic oxidation sites excluding steroid dienone is 1. The Balaban J connectivity index is 2.60. The van der Waals surface area contributed by atoms with Crippen molar-refractivity contribution in [1.82, 2.24) is 9.55 Å². The summed E-state index contributed by atoms with van der Waals surface area (Å²) in [6.45, 7) is 7.36. The molecule has 0 bridgehead atoms. The lowest BCUT2D eigenvalue weighted by molar-refractivity contribution is -0.137. The van der Waals surface area contributed by atoms with Crippen molar-refractivity contribution in [2.45, 2.75) is 40.7 Å². The normalized spacial score (nSPS) is 11.0. The number of aromatic amines is 1. The van der Waals surface area contributed by atoms with E-state index in [-0.39, 0.29) is 30.8 Å². The Morgan fingerprint density at radius 2 is 1.75 bits per heavy atom. The van der Waals surface area contributed by atoms with Gasteiger partial charge in [-0.15, -0.1) is 0 Å². The highest BCUT2D eigenvalue weighted by atomic mass is 16.5. The summed E-state index contributed by atoms with van der Waals surface area (Å²) in [4.78, 5) is 51.6. The molecule has 7 heteroatoms. The number of hydrogen-bond acceptors (Lipinski definition) is 5. The van der Waals surface area contributed by atoms with E-state index < -0.39 is 23.0 Å². The van der Waals surface area contributed by atoms with Crippen LogP contribution in [0.2, 0.25) is 0 Å². The van der Waals surface area contributed by atoms with Crippen molar-refractivity contribution in [3.8, 4) is 0 Å². The minimum absolute atomic E-state index is 0.0368. The summed E-state index contributed by atoms with van der Waals surface area (Å²) in [7, 11) is 0. The molecule has 1 aromatic heterocycles. The van der Waals surface area contributed by atoms with Gasteiger partial charge < -0.3 is 4.74 Å². The molecule has 1 aromatic carbocycles. The van der Waals surface area contributed by atoms with E-state index in [0.29, 0.717) is 5.56 Å². The Morgan fingerprint density at radius 3 is 2.32 bits per heavy atom. The van der Waals surface area contributed by atoms with Crippen LogP contribution in [0.4, 0.5) is 0 Å². The van der Waals surface area contributed by atoms with Gasteiger partial charge >= 0.3 is 11.7 Å². The van der Waals surface area contributed by atoms with Crippen LogP contribution in [0.15, 0.2) is 39.9 Å². The molecule has 0 saturated heterocycles. The third-order valence-electron chi connectivity index (χ3n) is 4.18. The van der Waals surface area contributed by atoms with E-state index in [2.05, 4.69) is 4.98 Å². The predicted molar refractivity (Wildman–Crippen MR) is 106 cm³/mol. The second kappa shape index (κ2) is 9.12. The maximum atomic E-state index is 13.2. The van der Waals surface area contributed by atoms with E-state index in [0.717, 1.165) is 11.1 Å². The van der Waals surface area contributed by atoms with Gasteiger partial charge in [0.1, 0.15) is 5.69 Å². The first-order chi connectivity index (χ1) is 13.3. The lowest BCUT2D eigenvalue weighted by Gasteiger charge is -2.14. The quantitative estimate of drug-likeness (QED) is 0.448. The molecule has 0 saturated carbocycles. The molecule has 2 aromatic rings.